The van der Waals surface area contributed by atoms with Gasteiger partial charge < -0.3 is 14.9 Å². The zero-order valence-corrected chi connectivity index (χ0v) is 11.3. The van der Waals surface area contributed by atoms with Crippen molar-refractivity contribution in [3.8, 4) is 11.5 Å². The summed E-state index contributed by atoms with van der Waals surface area (Å²) in [4.78, 5) is 4.37. The van der Waals surface area contributed by atoms with E-state index in [-0.39, 0.29) is 6.61 Å². The largest absolute Gasteiger partial charge is 0.396 e. The third-order valence-corrected chi connectivity index (χ3v) is 3.82. The highest BCUT2D eigenvalue weighted by Crippen LogP contribution is 2.26. The molecule has 2 aromatic rings. The summed E-state index contributed by atoms with van der Waals surface area (Å²) in [7, 11) is 0. The summed E-state index contributed by atoms with van der Waals surface area (Å²) >= 11 is 0. The first kappa shape index (κ1) is 13.1. The lowest BCUT2D eigenvalue weighted by Gasteiger charge is -2.27. The van der Waals surface area contributed by atoms with Crippen molar-refractivity contribution in [1.29, 1.82) is 0 Å². The van der Waals surface area contributed by atoms with E-state index in [0.29, 0.717) is 23.8 Å². The fourth-order valence-corrected chi connectivity index (χ4v) is 2.75. The van der Waals surface area contributed by atoms with Crippen molar-refractivity contribution in [2.24, 2.45) is 5.92 Å². The van der Waals surface area contributed by atoms with Crippen molar-refractivity contribution in [2.75, 3.05) is 11.9 Å². The zero-order chi connectivity index (χ0) is 13.8. The predicted octanol–water partition coefficient (Wildman–Crippen LogP) is 2.70. The summed E-state index contributed by atoms with van der Waals surface area (Å²) in [6.45, 7) is 0.264. The van der Waals surface area contributed by atoms with Crippen molar-refractivity contribution in [3.05, 3.63) is 30.3 Å². The van der Waals surface area contributed by atoms with E-state index in [9.17, 15) is 5.11 Å². The molecule has 2 atom stereocenters. The lowest BCUT2D eigenvalue weighted by molar-refractivity contribution is 0.184. The molecule has 1 aliphatic rings. The monoisotopic (exact) mass is 273 g/mol. The molecule has 0 aliphatic heterocycles. The number of aliphatic hydroxyl groups excluding tert-OH is 1. The molecule has 0 radical (unpaired) electrons. The third-order valence-electron chi connectivity index (χ3n) is 3.82. The van der Waals surface area contributed by atoms with E-state index in [1.165, 1.54) is 0 Å². The highest BCUT2D eigenvalue weighted by molar-refractivity contribution is 5.53. The molecule has 20 heavy (non-hydrogen) atoms. The molecular formula is C15H19N3O2. The maximum atomic E-state index is 9.25. The first-order valence-electron chi connectivity index (χ1n) is 7.11. The fraction of sp³-hybridized carbons (Fsp3) is 0.467. The van der Waals surface area contributed by atoms with Crippen molar-refractivity contribution >= 4 is 5.95 Å². The van der Waals surface area contributed by atoms with Crippen molar-refractivity contribution < 1.29 is 9.63 Å². The molecule has 1 saturated carbocycles. The Bertz CT molecular complexity index is 541. The van der Waals surface area contributed by atoms with Crippen molar-refractivity contribution in [3.63, 3.8) is 0 Å². The predicted molar refractivity (Wildman–Crippen MR) is 76.2 cm³/mol. The van der Waals surface area contributed by atoms with Gasteiger partial charge in [-0.1, -0.05) is 24.6 Å². The van der Waals surface area contributed by atoms with Crippen LogP contribution in [0.3, 0.4) is 0 Å². The number of anilines is 1. The molecule has 0 saturated heterocycles. The van der Waals surface area contributed by atoms with Crippen LogP contribution in [0.5, 0.6) is 0 Å². The average molecular weight is 273 g/mol. The number of hydrogen-bond acceptors (Lipinski definition) is 5. The Hall–Kier alpha value is -1.88. The Morgan fingerprint density at radius 3 is 2.90 bits per heavy atom. The van der Waals surface area contributed by atoms with E-state index in [2.05, 4.69) is 15.5 Å². The molecule has 106 valence electrons. The summed E-state index contributed by atoms with van der Waals surface area (Å²) in [5, 5.41) is 16.5. The van der Waals surface area contributed by atoms with Gasteiger partial charge in [0.2, 0.25) is 0 Å². The molecule has 1 aliphatic carbocycles. The van der Waals surface area contributed by atoms with Crippen LogP contribution in [0.25, 0.3) is 11.5 Å². The minimum absolute atomic E-state index is 0.264. The van der Waals surface area contributed by atoms with E-state index in [0.717, 1.165) is 31.2 Å². The topological polar surface area (TPSA) is 71.2 Å². The van der Waals surface area contributed by atoms with Gasteiger partial charge in [-0.2, -0.15) is 4.98 Å². The van der Waals surface area contributed by atoms with Crippen LogP contribution in [0, 0.1) is 5.92 Å². The van der Waals surface area contributed by atoms with E-state index in [1.807, 2.05) is 30.3 Å². The van der Waals surface area contributed by atoms with Gasteiger partial charge in [-0.05, 0) is 42.5 Å². The second kappa shape index (κ2) is 6.05. The Balaban J connectivity index is 1.65. The van der Waals surface area contributed by atoms with Crippen LogP contribution >= 0.6 is 0 Å². The highest BCUT2D eigenvalue weighted by atomic mass is 16.5. The van der Waals surface area contributed by atoms with E-state index in [1.54, 1.807) is 0 Å². The van der Waals surface area contributed by atoms with Gasteiger partial charge in [-0.25, -0.2) is 0 Å². The summed E-state index contributed by atoms with van der Waals surface area (Å²) in [5.74, 6) is 1.46. The lowest BCUT2D eigenvalue weighted by Crippen LogP contribution is -2.29. The van der Waals surface area contributed by atoms with Crippen LogP contribution in [0.4, 0.5) is 5.95 Å². The van der Waals surface area contributed by atoms with Crippen LogP contribution in [0.2, 0.25) is 0 Å². The van der Waals surface area contributed by atoms with Crippen LogP contribution in [-0.2, 0) is 0 Å². The number of rotatable bonds is 4. The molecule has 5 heteroatoms. The van der Waals surface area contributed by atoms with E-state index < -0.39 is 0 Å². The summed E-state index contributed by atoms with van der Waals surface area (Å²) in [6, 6.07) is 10.1. The maximum Gasteiger partial charge on any atom is 0.263 e. The molecule has 0 unspecified atom stereocenters. The molecule has 1 aromatic carbocycles. The normalized spacial score (nSPS) is 22.6. The second-order valence-electron chi connectivity index (χ2n) is 5.35. The van der Waals surface area contributed by atoms with Crippen LogP contribution in [-0.4, -0.2) is 27.9 Å². The molecule has 1 aromatic heterocycles. The summed E-state index contributed by atoms with van der Waals surface area (Å²) < 4.78 is 5.27. The molecule has 5 nitrogen and oxygen atoms in total. The van der Waals surface area contributed by atoms with Gasteiger partial charge in [-0.3, -0.25) is 0 Å². The summed E-state index contributed by atoms with van der Waals surface area (Å²) in [6.07, 6.45) is 4.29. The number of aliphatic hydroxyl groups is 1. The lowest BCUT2D eigenvalue weighted by atomic mass is 9.86. The third kappa shape index (κ3) is 2.99. The molecular weight excluding hydrogens is 254 g/mol. The minimum atomic E-state index is 0.264. The second-order valence-corrected chi connectivity index (χ2v) is 5.35. The quantitative estimate of drug-likeness (QED) is 0.896. The Labute approximate surface area is 118 Å². The first-order chi connectivity index (χ1) is 9.85. The molecule has 3 rings (SSSR count). The van der Waals surface area contributed by atoms with Gasteiger partial charge >= 0.3 is 0 Å². The van der Waals surface area contributed by atoms with Gasteiger partial charge in [0.1, 0.15) is 0 Å². The van der Waals surface area contributed by atoms with Crippen molar-refractivity contribution in [2.45, 2.75) is 31.7 Å². The molecule has 1 heterocycles. The minimum Gasteiger partial charge on any atom is -0.396 e. The van der Waals surface area contributed by atoms with Crippen LogP contribution < -0.4 is 5.32 Å². The molecule has 0 amide bonds. The zero-order valence-electron chi connectivity index (χ0n) is 11.3. The smallest absolute Gasteiger partial charge is 0.263 e. The van der Waals surface area contributed by atoms with Gasteiger partial charge in [-0.15, -0.1) is 0 Å². The van der Waals surface area contributed by atoms with E-state index in [4.69, 9.17) is 4.52 Å². The number of aromatic nitrogens is 2. The Morgan fingerprint density at radius 1 is 1.25 bits per heavy atom. The number of nitrogens with zero attached hydrogens (tertiary/aromatic N) is 2. The first-order valence-corrected chi connectivity index (χ1v) is 7.11. The van der Waals surface area contributed by atoms with Gasteiger partial charge in [0.05, 0.1) is 0 Å². The highest BCUT2D eigenvalue weighted by Gasteiger charge is 2.22. The summed E-state index contributed by atoms with van der Waals surface area (Å²) in [5.41, 5.74) is 0.921. The van der Waals surface area contributed by atoms with Gasteiger partial charge in [0.15, 0.2) is 0 Å². The number of nitrogens with one attached hydrogen (secondary N) is 1. The Kier molecular flexibility index (Phi) is 3.97. The van der Waals surface area contributed by atoms with Crippen molar-refractivity contribution in [1.82, 2.24) is 10.1 Å². The van der Waals surface area contributed by atoms with E-state index >= 15 is 0 Å². The Morgan fingerprint density at radius 2 is 2.10 bits per heavy atom. The number of benzene rings is 1. The molecule has 0 bridgehead atoms. The molecule has 2 N–H and O–H groups in total. The van der Waals surface area contributed by atoms with Crippen LogP contribution in [0.15, 0.2) is 34.9 Å². The standard InChI is InChI=1S/C15H19N3O2/c19-10-11-5-4-8-13(9-11)16-15-17-14(20-18-15)12-6-2-1-3-7-12/h1-3,6-7,11,13,19H,4-5,8-10H2,(H,16,18)/t11-,13-/m1/s1. The van der Waals surface area contributed by atoms with Gasteiger partial charge in [0.25, 0.3) is 11.8 Å². The fourth-order valence-electron chi connectivity index (χ4n) is 2.75. The molecule has 0 spiro atoms. The van der Waals surface area contributed by atoms with Gasteiger partial charge in [0, 0.05) is 18.2 Å². The molecule has 1 fully saturated rings. The SMILES string of the molecule is OC[C@@H]1CCC[C@@H](Nc2noc(-c3ccccc3)n2)C1. The number of hydrogen-bond donors (Lipinski definition) is 2. The van der Waals surface area contributed by atoms with Crippen LogP contribution in [0.1, 0.15) is 25.7 Å². The average Bonchev–Trinajstić information content (AvgIpc) is 2.97. The maximum absolute atomic E-state index is 9.25.